The van der Waals surface area contributed by atoms with Crippen LogP contribution in [0.5, 0.6) is 0 Å². The Hall–Kier alpha value is -2.62. The van der Waals surface area contributed by atoms with E-state index >= 15 is 17.6 Å². The summed E-state index contributed by atoms with van der Waals surface area (Å²) in [4.78, 5) is 0. The van der Waals surface area contributed by atoms with E-state index in [0.29, 0.717) is 28.2 Å². The highest BCUT2D eigenvalue weighted by atomic mass is 19.2. The van der Waals surface area contributed by atoms with Crippen LogP contribution in [-0.2, 0) is 0 Å². The third kappa shape index (κ3) is 6.83. The van der Waals surface area contributed by atoms with Gasteiger partial charge in [-0.3, -0.25) is 0 Å². The molecule has 0 aliphatic heterocycles. The first-order valence-corrected chi connectivity index (χ1v) is 18.6. The Morgan fingerprint density at radius 1 is 0.500 bits per heavy atom. The third-order valence-corrected chi connectivity index (χ3v) is 11.7. The highest BCUT2D eigenvalue weighted by Crippen LogP contribution is 2.54. The monoisotopic (exact) mass is 632 g/mol. The van der Waals surface area contributed by atoms with Crippen LogP contribution < -0.4 is 0 Å². The molecule has 2 fully saturated rings. The van der Waals surface area contributed by atoms with E-state index in [1.807, 2.05) is 6.07 Å². The van der Waals surface area contributed by atoms with Gasteiger partial charge in [0, 0.05) is 16.7 Å². The van der Waals surface area contributed by atoms with Gasteiger partial charge in [-0.25, -0.2) is 17.6 Å². The summed E-state index contributed by atoms with van der Waals surface area (Å²) < 4.78 is 62.6. The van der Waals surface area contributed by atoms with Gasteiger partial charge in [0.05, 0.1) is 0 Å². The van der Waals surface area contributed by atoms with Crippen molar-refractivity contribution in [3.8, 4) is 33.4 Å². The number of fused-ring (bicyclic) bond motifs is 4. The lowest BCUT2D eigenvalue weighted by Gasteiger charge is -2.32. The molecule has 6 rings (SSSR count). The van der Waals surface area contributed by atoms with Crippen LogP contribution in [0.2, 0.25) is 0 Å². The van der Waals surface area contributed by atoms with Crippen LogP contribution in [-0.4, -0.2) is 0 Å². The minimum Gasteiger partial charge on any atom is -0.207 e. The van der Waals surface area contributed by atoms with Crippen molar-refractivity contribution in [1.29, 1.82) is 0 Å². The first-order chi connectivity index (χ1) is 22.4. The minimum absolute atomic E-state index is 0.00230. The molecule has 2 saturated carbocycles. The summed E-state index contributed by atoms with van der Waals surface area (Å²) in [5.74, 6) is -1.05. The molecule has 0 aromatic heterocycles. The number of hydrogen-bond acceptors (Lipinski definition) is 0. The molecule has 0 spiro atoms. The van der Waals surface area contributed by atoms with Crippen molar-refractivity contribution >= 4 is 0 Å². The molecule has 0 radical (unpaired) electrons. The molecule has 0 N–H and O–H groups in total. The van der Waals surface area contributed by atoms with Crippen LogP contribution in [0.25, 0.3) is 33.4 Å². The summed E-state index contributed by atoms with van der Waals surface area (Å²) in [6.45, 7) is 4.45. The fourth-order valence-corrected chi connectivity index (χ4v) is 8.87. The average Bonchev–Trinajstić information content (AvgIpc) is 3.06. The van der Waals surface area contributed by atoms with Crippen molar-refractivity contribution in [2.24, 2.45) is 11.8 Å². The topological polar surface area (TPSA) is 0 Å². The Morgan fingerprint density at radius 3 is 1.67 bits per heavy atom. The number of rotatable bonds is 13. The van der Waals surface area contributed by atoms with Crippen LogP contribution >= 0.6 is 0 Å². The lowest BCUT2D eigenvalue weighted by molar-refractivity contribution is 0.298. The number of halogens is 4. The van der Waals surface area contributed by atoms with Gasteiger partial charge in [0.25, 0.3) is 0 Å². The van der Waals surface area contributed by atoms with Crippen molar-refractivity contribution in [2.75, 3.05) is 0 Å². The Labute approximate surface area is 274 Å². The molecule has 0 unspecified atom stereocenters. The van der Waals surface area contributed by atoms with Gasteiger partial charge in [-0.15, -0.1) is 0 Å². The summed E-state index contributed by atoms with van der Waals surface area (Å²) in [6.07, 6.45) is 20.9. The lowest BCUT2D eigenvalue weighted by Crippen LogP contribution is -2.17. The van der Waals surface area contributed by atoms with Crippen molar-refractivity contribution in [1.82, 2.24) is 0 Å². The summed E-state index contributed by atoms with van der Waals surface area (Å²) in [6, 6.07) is 10.3. The van der Waals surface area contributed by atoms with Gasteiger partial charge in [0.1, 0.15) is 11.6 Å². The summed E-state index contributed by atoms with van der Waals surface area (Å²) in [5.41, 5.74) is 3.18. The lowest BCUT2D eigenvalue weighted by atomic mass is 9.73. The number of unbranched alkanes of at least 4 members (excludes halogenated alkanes) is 6. The molecule has 4 heteroatoms. The van der Waals surface area contributed by atoms with Crippen molar-refractivity contribution < 1.29 is 17.6 Å². The number of benzene rings is 3. The average molecular weight is 633 g/mol. The quantitative estimate of drug-likeness (QED) is 0.102. The van der Waals surface area contributed by atoms with Gasteiger partial charge in [-0.2, -0.15) is 0 Å². The zero-order valence-electron chi connectivity index (χ0n) is 28.0. The molecular formula is C42H52F4. The van der Waals surface area contributed by atoms with E-state index < -0.39 is 17.5 Å². The summed E-state index contributed by atoms with van der Waals surface area (Å²) >= 11 is 0. The van der Waals surface area contributed by atoms with Gasteiger partial charge in [-0.05, 0) is 115 Å². The van der Waals surface area contributed by atoms with Gasteiger partial charge >= 0.3 is 0 Å². The summed E-state index contributed by atoms with van der Waals surface area (Å²) in [7, 11) is 0. The molecule has 0 nitrogen and oxygen atoms in total. The Balaban J connectivity index is 1.13. The molecule has 0 heterocycles. The van der Waals surface area contributed by atoms with Crippen molar-refractivity contribution in [3.63, 3.8) is 0 Å². The first kappa shape index (κ1) is 33.3. The van der Waals surface area contributed by atoms with E-state index in [4.69, 9.17) is 0 Å². The molecule has 3 aliphatic carbocycles. The van der Waals surface area contributed by atoms with Crippen LogP contribution in [0, 0.1) is 35.1 Å². The molecule has 3 aliphatic rings. The molecule has 248 valence electrons. The van der Waals surface area contributed by atoms with E-state index in [0.717, 1.165) is 62.8 Å². The van der Waals surface area contributed by atoms with Gasteiger partial charge < -0.3 is 0 Å². The van der Waals surface area contributed by atoms with E-state index in [1.54, 1.807) is 24.3 Å². The zero-order valence-corrected chi connectivity index (χ0v) is 28.0. The zero-order chi connectivity index (χ0) is 32.2. The Bertz CT molecular complexity index is 1490. The molecule has 3 aromatic carbocycles. The van der Waals surface area contributed by atoms with E-state index in [-0.39, 0.29) is 34.3 Å². The predicted molar refractivity (Wildman–Crippen MR) is 183 cm³/mol. The normalized spacial score (nSPS) is 22.3. The standard InChI is InChI=1S/C42H52F4/c1-3-5-7-8-10-12-28-13-17-29(18-14-28)32-22-21-31(25-37(32)43)33-23-24-34-36-26-35(41(45)42(46)39(36)38(34)40(33)44)30-19-15-27(16-20-30)11-9-6-4-2/h21-30H,3-20H2,1-2H3. The fraction of sp³-hybridized carbons (Fsp3) is 0.571. The van der Waals surface area contributed by atoms with E-state index in [1.165, 1.54) is 70.3 Å². The van der Waals surface area contributed by atoms with Crippen LogP contribution in [0.3, 0.4) is 0 Å². The minimum atomic E-state index is -0.945. The molecule has 0 bridgehead atoms. The second-order valence-electron chi connectivity index (χ2n) is 14.7. The highest BCUT2D eigenvalue weighted by Gasteiger charge is 2.36. The molecule has 0 atom stereocenters. The van der Waals surface area contributed by atoms with Crippen molar-refractivity contribution in [2.45, 2.75) is 141 Å². The third-order valence-electron chi connectivity index (χ3n) is 11.7. The SMILES string of the molecule is CCCCCCCC1CCC(c2ccc(-c3ccc4c(c3F)-c3c-4cc(C4CCC(CCCCC)CC4)c(F)c3F)cc2F)CC1. The van der Waals surface area contributed by atoms with Gasteiger partial charge in [-0.1, -0.05) is 102 Å². The van der Waals surface area contributed by atoms with Gasteiger partial charge in [0.2, 0.25) is 0 Å². The predicted octanol–water partition coefficient (Wildman–Crippen LogP) is 14.0. The van der Waals surface area contributed by atoms with Crippen LogP contribution in [0.4, 0.5) is 17.6 Å². The van der Waals surface area contributed by atoms with Gasteiger partial charge in [0.15, 0.2) is 11.6 Å². The van der Waals surface area contributed by atoms with Crippen molar-refractivity contribution in [3.05, 3.63) is 70.8 Å². The maximum Gasteiger partial charge on any atom is 0.167 e. The number of hydrogen-bond donors (Lipinski definition) is 0. The second-order valence-corrected chi connectivity index (χ2v) is 14.7. The van der Waals surface area contributed by atoms with Crippen LogP contribution in [0.15, 0.2) is 36.4 Å². The largest absolute Gasteiger partial charge is 0.207 e. The molecule has 0 saturated heterocycles. The Morgan fingerprint density at radius 2 is 1.04 bits per heavy atom. The van der Waals surface area contributed by atoms with E-state index in [9.17, 15) is 0 Å². The first-order valence-electron chi connectivity index (χ1n) is 18.6. The molecule has 46 heavy (non-hydrogen) atoms. The van der Waals surface area contributed by atoms with E-state index in [2.05, 4.69) is 13.8 Å². The maximum absolute atomic E-state index is 16.0. The fourth-order valence-electron chi connectivity index (χ4n) is 8.87. The molecule has 3 aromatic rings. The second kappa shape index (κ2) is 15.1. The highest BCUT2D eigenvalue weighted by molar-refractivity contribution is 6.04. The van der Waals surface area contributed by atoms with Crippen LogP contribution in [0.1, 0.15) is 152 Å². The smallest absolute Gasteiger partial charge is 0.167 e. The maximum atomic E-state index is 16.0. The summed E-state index contributed by atoms with van der Waals surface area (Å²) in [5, 5.41) is 0. The molecule has 0 amide bonds. The Kier molecular flexibility index (Phi) is 10.9. The molecular weight excluding hydrogens is 580 g/mol.